The lowest BCUT2D eigenvalue weighted by molar-refractivity contribution is 0.0947. The van der Waals surface area contributed by atoms with Crippen LogP contribution in [0.1, 0.15) is 16.9 Å². The number of amides is 1. The summed E-state index contributed by atoms with van der Waals surface area (Å²) >= 11 is 12.0. The van der Waals surface area contributed by atoms with Gasteiger partial charge in [0, 0.05) is 11.6 Å². The minimum Gasteiger partial charge on any atom is -0.351 e. The summed E-state index contributed by atoms with van der Waals surface area (Å²) in [5, 5.41) is 6.91. The summed E-state index contributed by atoms with van der Waals surface area (Å²) in [5.41, 5.74) is 0.891. The summed E-state index contributed by atoms with van der Waals surface area (Å²) < 4.78 is 0. The number of halogens is 2. The predicted octanol–water partition coefficient (Wildman–Crippen LogP) is 3.21. The Bertz CT molecular complexity index is 691. The maximum Gasteiger partial charge on any atom is 0.271 e. The van der Waals surface area contributed by atoms with Crippen LogP contribution >= 0.6 is 23.2 Å². The number of hydrogen-bond donors (Lipinski definition) is 2. The smallest absolute Gasteiger partial charge is 0.271 e. The first kappa shape index (κ1) is 18.4. The summed E-state index contributed by atoms with van der Waals surface area (Å²) in [5.74, 6) is 0.233. The maximum absolute atomic E-state index is 12.0. The molecule has 1 heterocycles. The number of hydrogen-bond acceptors (Lipinski definition) is 5. The molecule has 0 aliphatic carbocycles. The molecule has 0 atom stereocenters. The first-order chi connectivity index (χ1) is 11.5. The summed E-state index contributed by atoms with van der Waals surface area (Å²) in [7, 11) is 3.98. The molecule has 0 bridgehead atoms. The van der Waals surface area contributed by atoms with Crippen LogP contribution in [0.2, 0.25) is 10.0 Å². The summed E-state index contributed by atoms with van der Waals surface area (Å²) in [6.45, 7) is 1.51. The molecule has 1 aromatic heterocycles. The van der Waals surface area contributed by atoms with Gasteiger partial charge in [0.15, 0.2) is 0 Å². The highest BCUT2D eigenvalue weighted by atomic mass is 35.5. The number of nitrogens with one attached hydrogen (secondary N) is 2. The van der Waals surface area contributed by atoms with Crippen LogP contribution in [-0.2, 0) is 0 Å². The van der Waals surface area contributed by atoms with Gasteiger partial charge in [-0.3, -0.25) is 4.79 Å². The molecule has 0 aliphatic rings. The van der Waals surface area contributed by atoms with E-state index in [9.17, 15) is 4.79 Å². The standard InChI is InChI=1S/C16H19Cl2N5O/c1-23(2)7-3-6-19-16(24)14-9-21-15(10-20-14)22-13-8-11(17)4-5-12(13)18/h4-5,8-10H,3,6-7H2,1-2H3,(H,19,24)(H,21,22). The molecular weight excluding hydrogens is 349 g/mol. The zero-order valence-electron chi connectivity index (χ0n) is 13.5. The van der Waals surface area contributed by atoms with E-state index in [4.69, 9.17) is 23.2 Å². The van der Waals surface area contributed by atoms with Gasteiger partial charge < -0.3 is 15.5 Å². The second-order valence-corrected chi connectivity index (χ2v) is 6.29. The zero-order chi connectivity index (χ0) is 17.5. The molecule has 0 unspecified atom stereocenters. The van der Waals surface area contributed by atoms with Gasteiger partial charge in [0.2, 0.25) is 0 Å². The average Bonchev–Trinajstić information content (AvgIpc) is 2.55. The van der Waals surface area contributed by atoms with Gasteiger partial charge in [-0.2, -0.15) is 0 Å². The minimum atomic E-state index is -0.242. The van der Waals surface area contributed by atoms with Crippen molar-refractivity contribution in [3.8, 4) is 0 Å². The number of nitrogens with zero attached hydrogens (tertiary/aromatic N) is 3. The van der Waals surface area contributed by atoms with E-state index in [1.54, 1.807) is 18.2 Å². The molecule has 6 nitrogen and oxygen atoms in total. The first-order valence-electron chi connectivity index (χ1n) is 7.43. The minimum absolute atomic E-state index is 0.242. The Hall–Kier alpha value is -1.89. The van der Waals surface area contributed by atoms with Crippen molar-refractivity contribution in [1.82, 2.24) is 20.2 Å². The third-order valence-electron chi connectivity index (χ3n) is 3.14. The van der Waals surface area contributed by atoms with E-state index in [0.29, 0.717) is 28.1 Å². The molecule has 0 saturated carbocycles. The highest BCUT2D eigenvalue weighted by molar-refractivity contribution is 6.35. The van der Waals surface area contributed by atoms with E-state index in [1.165, 1.54) is 12.4 Å². The molecule has 0 saturated heterocycles. The molecule has 2 rings (SSSR count). The number of aromatic nitrogens is 2. The van der Waals surface area contributed by atoms with Crippen molar-refractivity contribution in [2.45, 2.75) is 6.42 Å². The van der Waals surface area contributed by atoms with E-state index in [1.807, 2.05) is 14.1 Å². The highest BCUT2D eigenvalue weighted by Gasteiger charge is 2.08. The molecule has 0 fully saturated rings. The molecule has 1 aromatic carbocycles. The Morgan fingerprint density at radius 3 is 2.67 bits per heavy atom. The summed E-state index contributed by atoms with van der Waals surface area (Å²) in [4.78, 5) is 22.3. The molecule has 2 aromatic rings. The quantitative estimate of drug-likeness (QED) is 0.735. The van der Waals surface area contributed by atoms with E-state index in [2.05, 4.69) is 25.5 Å². The number of rotatable bonds is 7. The van der Waals surface area contributed by atoms with Gasteiger partial charge in [0.1, 0.15) is 11.5 Å². The average molecular weight is 368 g/mol. The SMILES string of the molecule is CN(C)CCCNC(=O)c1cnc(Nc2cc(Cl)ccc2Cl)cn1. The van der Waals surface area contributed by atoms with Crippen LogP contribution in [0.5, 0.6) is 0 Å². The lowest BCUT2D eigenvalue weighted by Crippen LogP contribution is -2.27. The van der Waals surface area contributed by atoms with E-state index in [0.717, 1.165) is 13.0 Å². The Balaban J connectivity index is 1.92. The molecule has 1 amide bonds. The van der Waals surface area contributed by atoms with Crippen molar-refractivity contribution < 1.29 is 4.79 Å². The zero-order valence-corrected chi connectivity index (χ0v) is 15.0. The highest BCUT2D eigenvalue weighted by Crippen LogP contribution is 2.27. The maximum atomic E-state index is 12.0. The largest absolute Gasteiger partial charge is 0.351 e. The third-order valence-corrected chi connectivity index (χ3v) is 3.71. The molecule has 8 heteroatoms. The normalized spacial score (nSPS) is 10.7. The fraction of sp³-hybridized carbons (Fsp3) is 0.312. The van der Waals surface area contributed by atoms with Crippen molar-refractivity contribution in [3.05, 3.63) is 46.3 Å². The van der Waals surface area contributed by atoms with E-state index >= 15 is 0 Å². The lowest BCUT2D eigenvalue weighted by atomic mass is 10.3. The number of benzene rings is 1. The monoisotopic (exact) mass is 367 g/mol. The number of anilines is 2. The second kappa shape index (κ2) is 8.82. The van der Waals surface area contributed by atoms with Gasteiger partial charge in [-0.25, -0.2) is 9.97 Å². The van der Waals surface area contributed by atoms with Crippen LogP contribution in [0.4, 0.5) is 11.5 Å². The van der Waals surface area contributed by atoms with Crippen LogP contribution in [0.3, 0.4) is 0 Å². The topological polar surface area (TPSA) is 70.2 Å². The molecule has 128 valence electrons. The summed E-state index contributed by atoms with van der Waals surface area (Å²) in [6.07, 6.45) is 3.77. The van der Waals surface area contributed by atoms with Gasteiger partial charge in [-0.05, 0) is 45.3 Å². The van der Waals surface area contributed by atoms with Crippen LogP contribution in [0.25, 0.3) is 0 Å². The summed E-state index contributed by atoms with van der Waals surface area (Å²) in [6, 6.07) is 5.08. The molecule has 24 heavy (non-hydrogen) atoms. The van der Waals surface area contributed by atoms with Gasteiger partial charge >= 0.3 is 0 Å². The fourth-order valence-corrected chi connectivity index (χ4v) is 2.27. The first-order valence-corrected chi connectivity index (χ1v) is 8.18. The molecule has 0 aliphatic heterocycles. The van der Waals surface area contributed by atoms with Gasteiger partial charge in [0.25, 0.3) is 5.91 Å². The van der Waals surface area contributed by atoms with Crippen molar-refractivity contribution in [2.24, 2.45) is 0 Å². The predicted molar refractivity (Wildman–Crippen MR) is 97.3 cm³/mol. The van der Waals surface area contributed by atoms with Crippen molar-refractivity contribution in [3.63, 3.8) is 0 Å². The van der Waals surface area contributed by atoms with Crippen LogP contribution in [0.15, 0.2) is 30.6 Å². The van der Waals surface area contributed by atoms with E-state index in [-0.39, 0.29) is 11.6 Å². The number of carbonyl (C=O) groups excluding carboxylic acids is 1. The molecule has 2 N–H and O–H groups in total. The molecule has 0 radical (unpaired) electrons. The van der Waals surface area contributed by atoms with Crippen LogP contribution < -0.4 is 10.6 Å². The van der Waals surface area contributed by atoms with Gasteiger partial charge in [-0.15, -0.1) is 0 Å². The van der Waals surface area contributed by atoms with Crippen molar-refractivity contribution >= 4 is 40.6 Å². The lowest BCUT2D eigenvalue weighted by Gasteiger charge is -2.10. The van der Waals surface area contributed by atoms with Crippen LogP contribution in [0, 0.1) is 0 Å². The molecular formula is C16H19Cl2N5O. The Kier molecular flexibility index (Phi) is 6.78. The van der Waals surface area contributed by atoms with E-state index < -0.39 is 0 Å². The van der Waals surface area contributed by atoms with Gasteiger partial charge in [0.05, 0.1) is 23.1 Å². The Morgan fingerprint density at radius 2 is 2.00 bits per heavy atom. The van der Waals surface area contributed by atoms with Crippen molar-refractivity contribution in [1.29, 1.82) is 0 Å². The fourth-order valence-electron chi connectivity index (χ4n) is 1.93. The second-order valence-electron chi connectivity index (χ2n) is 5.45. The Labute approximate surface area is 151 Å². The van der Waals surface area contributed by atoms with Crippen LogP contribution in [-0.4, -0.2) is 48.0 Å². The van der Waals surface area contributed by atoms with Crippen molar-refractivity contribution in [2.75, 3.05) is 32.5 Å². The van der Waals surface area contributed by atoms with Gasteiger partial charge in [-0.1, -0.05) is 23.2 Å². The molecule has 0 spiro atoms. The number of carbonyl (C=O) groups is 1. The Morgan fingerprint density at radius 1 is 1.21 bits per heavy atom. The third kappa shape index (κ3) is 5.63.